The van der Waals surface area contributed by atoms with Gasteiger partial charge in [0.1, 0.15) is 12.1 Å². The van der Waals surface area contributed by atoms with Gasteiger partial charge in [0.05, 0.1) is 21.3 Å². The van der Waals surface area contributed by atoms with Gasteiger partial charge < -0.3 is 14.2 Å². The van der Waals surface area contributed by atoms with Crippen molar-refractivity contribution in [2.75, 3.05) is 21.3 Å². The van der Waals surface area contributed by atoms with E-state index >= 15 is 0 Å². The van der Waals surface area contributed by atoms with Crippen molar-refractivity contribution >= 4 is 5.76 Å². The van der Waals surface area contributed by atoms with Gasteiger partial charge in [-0.3, -0.25) is 0 Å². The molecule has 0 saturated heterocycles. The molecule has 0 N–H and O–H groups in total. The number of allylic oxidation sites excluding steroid dienone is 1. The number of nitrogens with zero attached hydrogens (tertiary/aromatic N) is 2. The van der Waals surface area contributed by atoms with Crippen LogP contribution in [0.15, 0.2) is 23.8 Å². The van der Waals surface area contributed by atoms with Crippen LogP contribution in [0.5, 0.6) is 11.5 Å². The fourth-order valence-corrected chi connectivity index (χ4v) is 1.47. The van der Waals surface area contributed by atoms with Crippen LogP contribution >= 0.6 is 0 Å². The Morgan fingerprint density at radius 1 is 1.00 bits per heavy atom. The topological polar surface area (TPSA) is 75.3 Å². The summed E-state index contributed by atoms with van der Waals surface area (Å²) in [4.78, 5) is 0. The summed E-state index contributed by atoms with van der Waals surface area (Å²) in [5, 5.41) is 17.7. The lowest BCUT2D eigenvalue weighted by Crippen LogP contribution is -1.95. The molecule has 0 spiro atoms. The van der Waals surface area contributed by atoms with Crippen LogP contribution in [0, 0.1) is 22.7 Å². The Morgan fingerprint density at radius 3 is 2.06 bits per heavy atom. The number of benzene rings is 1. The maximum absolute atomic E-state index is 8.85. The third-order valence-electron chi connectivity index (χ3n) is 2.30. The first-order valence-corrected chi connectivity index (χ1v) is 5.02. The van der Waals surface area contributed by atoms with Gasteiger partial charge in [-0.1, -0.05) is 0 Å². The van der Waals surface area contributed by atoms with Gasteiger partial charge in [0.2, 0.25) is 0 Å². The van der Waals surface area contributed by atoms with Crippen molar-refractivity contribution in [3.8, 4) is 23.6 Å². The molecule has 0 bridgehead atoms. The van der Waals surface area contributed by atoms with Crippen molar-refractivity contribution in [1.82, 2.24) is 0 Å². The molecule has 18 heavy (non-hydrogen) atoms. The van der Waals surface area contributed by atoms with Gasteiger partial charge >= 0.3 is 0 Å². The van der Waals surface area contributed by atoms with Crippen LogP contribution < -0.4 is 9.47 Å². The lowest BCUT2D eigenvalue weighted by Gasteiger charge is -2.11. The van der Waals surface area contributed by atoms with Crippen LogP contribution in [-0.4, -0.2) is 21.3 Å². The second kappa shape index (κ2) is 6.17. The van der Waals surface area contributed by atoms with Crippen molar-refractivity contribution in [2.45, 2.75) is 0 Å². The van der Waals surface area contributed by atoms with Crippen LogP contribution in [-0.2, 0) is 4.74 Å². The molecule has 1 aromatic rings. The molecule has 0 aliphatic carbocycles. The van der Waals surface area contributed by atoms with E-state index in [9.17, 15) is 0 Å². The molecule has 5 heteroatoms. The van der Waals surface area contributed by atoms with E-state index < -0.39 is 0 Å². The third kappa shape index (κ3) is 2.53. The Kier molecular flexibility index (Phi) is 4.59. The van der Waals surface area contributed by atoms with E-state index in [1.165, 1.54) is 21.3 Å². The highest BCUT2D eigenvalue weighted by molar-refractivity contribution is 5.72. The number of ether oxygens (including phenoxy) is 3. The second-order valence-electron chi connectivity index (χ2n) is 3.20. The molecule has 0 fully saturated rings. The van der Waals surface area contributed by atoms with Crippen LogP contribution in [0.2, 0.25) is 0 Å². The number of hydrogen-bond acceptors (Lipinski definition) is 5. The number of nitriles is 2. The van der Waals surface area contributed by atoms with E-state index in [0.717, 1.165) is 0 Å². The molecule has 1 rings (SSSR count). The normalized spacial score (nSPS) is 8.72. The van der Waals surface area contributed by atoms with Crippen LogP contribution in [0.4, 0.5) is 0 Å². The van der Waals surface area contributed by atoms with E-state index in [0.29, 0.717) is 17.1 Å². The van der Waals surface area contributed by atoms with E-state index in [1.807, 2.05) is 0 Å². The highest BCUT2D eigenvalue weighted by atomic mass is 16.5. The maximum Gasteiger partial charge on any atom is 0.172 e. The van der Waals surface area contributed by atoms with Gasteiger partial charge in [-0.15, -0.1) is 0 Å². The van der Waals surface area contributed by atoms with E-state index in [4.69, 9.17) is 24.7 Å². The summed E-state index contributed by atoms with van der Waals surface area (Å²) in [5.41, 5.74) is 0.484. The maximum atomic E-state index is 8.85. The lowest BCUT2D eigenvalue weighted by molar-refractivity contribution is 0.352. The van der Waals surface area contributed by atoms with Crippen LogP contribution in [0.1, 0.15) is 5.56 Å². The van der Waals surface area contributed by atoms with Gasteiger partial charge in [0, 0.05) is 5.56 Å². The molecule has 0 heterocycles. The smallest absolute Gasteiger partial charge is 0.172 e. The highest BCUT2D eigenvalue weighted by Crippen LogP contribution is 2.31. The predicted octanol–water partition coefficient (Wildman–Crippen LogP) is 2.11. The Bertz CT molecular complexity index is 534. The largest absolute Gasteiger partial charge is 0.494 e. The van der Waals surface area contributed by atoms with E-state index in [1.54, 1.807) is 30.3 Å². The fraction of sp³-hybridized carbons (Fsp3) is 0.231. The van der Waals surface area contributed by atoms with E-state index in [-0.39, 0.29) is 11.3 Å². The second-order valence-corrected chi connectivity index (χ2v) is 3.20. The average molecular weight is 244 g/mol. The van der Waals surface area contributed by atoms with E-state index in [2.05, 4.69) is 0 Å². The lowest BCUT2D eigenvalue weighted by atomic mass is 10.1. The molecule has 0 atom stereocenters. The summed E-state index contributed by atoms with van der Waals surface area (Å²) in [5.74, 6) is 1.27. The minimum Gasteiger partial charge on any atom is -0.494 e. The summed E-state index contributed by atoms with van der Waals surface area (Å²) in [6.07, 6.45) is 0. The Morgan fingerprint density at radius 2 is 1.61 bits per heavy atom. The number of methoxy groups -OCH3 is 3. The minimum absolute atomic E-state index is 0.0929. The van der Waals surface area contributed by atoms with Crippen molar-refractivity contribution in [3.05, 3.63) is 29.3 Å². The van der Waals surface area contributed by atoms with Gasteiger partial charge in [-0.25, -0.2) is 0 Å². The standard InChI is InChI=1S/C13H12N2O3/c1-16-11-5-4-9(6-12(11)17-2)13(18-3)10(7-14)8-15/h4-6H,1-3H3. The molecule has 0 aliphatic heterocycles. The zero-order chi connectivity index (χ0) is 13.5. The highest BCUT2D eigenvalue weighted by Gasteiger charge is 2.13. The molecular formula is C13H12N2O3. The molecule has 0 aliphatic rings. The molecule has 5 nitrogen and oxygen atoms in total. The monoisotopic (exact) mass is 244 g/mol. The van der Waals surface area contributed by atoms with Crippen LogP contribution in [0.25, 0.3) is 5.76 Å². The van der Waals surface area contributed by atoms with Gasteiger partial charge in [0.15, 0.2) is 22.8 Å². The van der Waals surface area contributed by atoms with Gasteiger partial charge in [0.25, 0.3) is 0 Å². The SMILES string of the molecule is COC(=C(C#N)C#N)c1ccc(OC)c(OC)c1. The molecule has 0 aromatic heterocycles. The summed E-state index contributed by atoms with van der Waals surface area (Å²) >= 11 is 0. The summed E-state index contributed by atoms with van der Waals surface area (Å²) in [7, 11) is 4.44. The molecule has 0 unspecified atom stereocenters. The first-order valence-electron chi connectivity index (χ1n) is 5.02. The predicted molar refractivity (Wildman–Crippen MR) is 64.7 cm³/mol. The zero-order valence-electron chi connectivity index (χ0n) is 10.4. The number of rotatable bonds is 4. The summed E-state index contributed by atoms with van der Waals surface area (Å²) in [6.45, 7) is 0. The van der Waals surface area contributed by atoms with Gasteiger partial charge in [-0.2, -0.15) is 10.5 Å². The minimum atomic E-state index is -0.0929. The molecule has 0 radical (unpaired) electrons. The summed E-state index contributed by atoms with van der Waals surface area (Å²) < 4.78 is 15.3. The Labute approximate surface area is 105 Å². The summed E-state index contributed by atoms with van der Waals surface area (Å²) in [6, 6.07) is 8.59. The third-order valence-corrected chi connectivity index (χ3v) is 2.30. The Balaban J connectivity index is 3.39. The average Bonchev–Trinajstić information content (AvgIpc) is 2.43. The zero-order valence-corrected chi connectivity index (χ0v) is 10.4. The molecule has 0 amide bonds. The molecule has 0 saturated carbocycles. The Hall–Kier alpha value is -2.66. The van der Waals surface area contributed by atoms with Crippen molar-refractivity contribution < 1.29 is 14.2 Å². The van der Waals surface area contributed by atoms with Crippen molar-refractivity contribution in [2.24, 2.45) is 0 Å². The molecule has 92 valence electrons. The van der Waals surface area contributed by atoms with Crippen LogP contribution in [0.3, 0.4) is 0 Å². The molecular weight excluding hydrogens is 232 g/mol. The van der Waals surface area contributed by atoms with Crippen molar-refractivity contribution in [3.63, 3.8) is 0 Å². The fourth-order valence-electron chi connectivity index (χ4n) is 1.47. The van der Waals surface area contributed by atoms with Crippen molar-refractivity contribution in [1.29, 1.82) is 10.5 Å². The number of hydrogen-bond donors (Lipinski definition) is 0. The first-order chi connectivity index (χ1) is 8.71. The molecule has 1 aromatic carbocycles. The first kappa shape index (κ1) is 13.4. The quantitative estimate of drug-likeness (QED) is 0.599. The van der Waals surface area contributed by atoms with Gasteiger partial charge in [-0.05, 0) is 18.2 Å².